The molecule has 0 bridgehead atoms. The molecule has 1 aliphatic rings. The number of aliphatic hydroxyl groups excluding tert-OH is 2. The van der Waals surface area contributed by atoms with Gasteiger partial charge in [-0.2, -0.15) is 0 Å². The van der Waals surface area contributed by atoms with Crippen LogP contribution < -0.4 is 5.48 Å². The normalized spacial score (nSPS) is 29.6. The second kappa shape index (κ2) is 6.58. The fraction of sp³-hybridized carbons (Fsp3) is 0.467. The molecule has 0 aliphatic carbocycles. The van der Waals surface area contributed by atoms with Gasteiger partial charge in [-0.05, 0) is 13.0 Å². The van der Waals surface area contributed by atoms with Crippen molar-refractivity contribution in [3.8, 4) is 0 Å². The van der Waals surface area contributed by atoms with Crippen LogP contribution in [0.5, 0.6) is 0 Å². The van der Waals surface area contributed by atoms with Crippen LogP contribution in [-0.4, -0.2) is 66.6 Å². The summed E-state index contributed by atoms with van der Waals surface area (Å²) in [5.74, 6) is 0.163. The molecular weight excluding hydrogens is 332 g/mol. The van der Waals surface area contributed by atoms with E-state index in [1.807, 2.05) is 5.48 Å². The van der Waals surface area contributed by atoms with E-state index >= 15 is 0 Å². The number of ether oxygens (including phenoxy) is 2. The minimum atomic E-state index is -1.67. The number of methoxy groups -OCH3 is 1. The van der Waals surface area contributed by atoms with E-state index in [9.17, 15) is 20.5 Å². The predicted octanol–water partition coefficient (Wildman–Crippen LogP) is -0.149. The maximum Gasteiger partial charge on any atom is 0.167 e. The Morgan fingerprint density at radius 1 is 1.48 bits per heavy atom. The molecule has 0 aromatic carbocycles. The molecule has 2 aromatic heterocycles. The molecule has 2 aromatic rings. The molecule has 25 heavy (non-hydrogen) atoms. The van der Waals surface area contributed by atoms with Gasteiger partial charge in [0.1, 0.15) is 29.8 Å². The van der Waals surface area contributed by atoms with Crippen molar-refractivity contribution in [2.24, 2.45) is 0 Å². The Morgan fingerprint density at radius 2 is 2.24 bits per heavy atom. The molecule has 0 amide bonds. The number of nitrogens with one attached hydrogen (secondary N) is 1. The first kappa shape index (κ1) is 17.6. The molecule has 0 spiro atoms. The van der Waals surface area contributed by atoms with Crippen LogP contribution in [0.3, 0.4) is 0 Å². The van der Waals surface area contributed by atoms with E-state index < -0.39 is 30.6 Å². The maximum atomic E-state index is 10.7. The molecular formula is C15H20N4O6. The Morgan fingerprint density at radius 3 is 2.84 bits per heavy atom. The third kappa shape index (κ3) is 2.73. The quantitative estimate of drug-likeness (QED) is 0.367. The average Bonchev–Trinajstić information content (AvgIpc) is 3.08. The van der Waals surface area contributed by atoms with E-state index in [4.69, 9.17) is 9.47 Å². The van der Waals surface area contributed by atoms with E-state index in [1.54, 1.807) is 12.3 Å². The van der Waals surface area contributed by atoms with Crippen molar-refractivity contribution in [1.29, 1.82) is 0 Å². The first-order valence-electron chi connectivity index (χ1n) is 7.57. The van der Waals surface area contributed by atoms with Gasteiger partial charge in [-0.25, -0.2) is 9.97 Å². The highest BCUT2D eigenvalue weighted by molar-refractivity contribution is 5.95. The molecule has 0 saturated carbocycles. The fourth-order valence-corrected chi connectivity index (χ4v) is 3.03. The van der Waals surface area contributed by atoms with Crippen molar-refractivity contribution in [2.75, 3.05) is 19.2 Å². The monoisotopic (exact) mass is 352 g/mol. The van der Waals surface area contributed by atoms with Gasteiger partial charge in [0.2, 0.25) is 0 Å². The maximum absolute atomic E-state index is 10.7. The Balaban J connectivity index is 2.19. The number of aliphatic hydroxyl groups is 3. The Kier molecular flexibility index (Phi) is 4.62. The fourth-order valence-electron chi connectivity index (χ4n) is 3.03. The van der Waals surface area contributed by atoms with Crippen molar-refractivity contribution >= 4 is 22.9 Å². The van der Waals surface area contributed by atoms with Crippen LogP contribution in [0.1, 0.15) is 18.7 Å². The third-order valence-electron chi connectivity index (χ3n) is 4.32. The topological polar surface area (TPSA) is 142 Å². The van der Waals surface area contributed by atoms with E-state index in [-0.39, 0.29) is 5.82 Å². The van der Waals surface area contributed by atoms with Crippen LogP contribution in [-0.2, 0) is 9.47 Å². The Labute approximate surface area is 142 Å². The summed E-state index contributed by atoms with van der Waals surface area (Å²) >= 11 is 0. The van der Waals surface area contributed by atoms with Crippen molar-refractivity contribution in [3.05, 3.63) is 24.3 Å². The SMILES string of the molecule is CO/C=C/c1cn([C@@H]2O[C@H](CO)[C@@H](O)[C@@]2(C)O)c2ncnc(NO)c12. The molecule has 1 saturated heterocycles. The largest absolute Gasteiger partial charge is 0.504 e. The smallest absolute Gasteiger partial charge is 0.167 e. The zero-order valence-electron chi connectivity index (χ0n) is 13.7. The Bertz CT molecular complexity index is 790. The minimum absolute atomic E-state index is 0.163. The van der Waals surface area contributed by atoms with E-state index in [0.29, 0.717) is 16.6 Å². The summed E-state index contributed by atoms with van der Waals surface area (Å²) in [6.07, 6.45) is 2.71. The van der Waals surface area contributed by atoms with E-state index in [2.05, 4.69) is 9.97 Å². The van der Waals surface area contributed by atoms with Gasteiger partial charge in [-0.1, -0.05) is 0 Å². The number of aromatic nitrogens is 3. The zero-order valence-corrected chi connectivity index (χ0v) is 13.7. The van der Waals surface area contributed by atoms with Crippen LogP contribution in [0.15, 0.2) is 18.8 Å². The molecule has 5 N–H and O–H groups in total. The average molecular weight is 352 g/mol. The highest BCUT2D eigenvalue weighted by atomic mass is 16.6. The summed E-state index contributed by atoms with van der Waals surface area (Å²) in [6.45, 7) is 0.975. The number of fused-ring (bicyclic) bond motifs is 1. The van der Waals surface area contributed by atoms with Crippen LogP contribution in [0.2, 0.25) is 0 Å². The molecule has 136 valence electrons. The lowest BCUT2D eigenvalue weighted by molar-refractivity contribution is -0.0948. The molecule has 1 aliphatic heterocycles. The zero-order chi connectivity index (χ0) is 18.2. The lowest BCUT2D eigenvalue weighted by Gasteiger charge is -2.27. The van der Waals surface area contributed by atoms with E-state index in [0.717, 1.165) is 0 Å². The standard InChI is InChI=1S/C15H20N4O6/c1-15(22)11(21)9(6-20)25-14(15)19-5-8(3-4-24-2)10-12(18-23)16-7-17-13(10)19/h3-5,7,9,11,14,20-23H,6H2,1-2H3,(H,16,17,18)/b4-3+/t9-,11-,14-,15-/m1/s1. The van der Waals surface area contributed by atoms with Crippen molar-refractivity contribution in [1.82, 2.24) is 14.5 Å². The molecule has 3 heterocycles. The summed E-state index contributed by atoms with van der Waals surface area (Å²) in [5, 5.41) is 40.0. The molecule has 0 radical (unpaired) electrons. The highest BCUT2D eigenvalue weighted by Gasteiger charge is 2.53. The van der Waals surface area contributed by atoms with Crippen molar-refractivity contribution < 1.29 is 30.0 Å². The van der Waals surface area contributed by atoms with Crippen LogP contribution >= 0.6 is 0 Å². The molecule has 0 unspecified atom stereocenters. The van der Waals surface area contributed by atoms with E-state index in [1.165, 1.54) is 31.2 Å². The first-order valence-corrected chi connectivity index (χ1v) is 7.57. The van der Waals surface area contributed by atoms with Crippen LogP contribution in [0.4, 0.5) is 5.82 Å². The number of hydrogen-bond donors (Lipinski definition) is 5. The van der Waals surface area contributed by atoms with Gasteiger partial charge >= 0.3 is 0 Å². The van der Waals surface area contributed by atoms with Gasteiger partial charge in [0, 0.05) is 11.8 Å². The van der Waals surface area contributed by atoms with Gasteiger partial charge in [-0.15, -0.1) is 0 Å². The predicted molar refractivity (Wildman–Crippen MR) is 86.6 cm³/mol. The van der Waals surface area contributed by atoms with Crippen LogP contribution in [0.25, 0.3) is 17.1 Å². The van der Waals surface area contributed by atoms with Crippen molar-refractivity contribution in [3.63, 3.8) is 0 Å². The van der Waals surface area contributed by atoms with Crippen molar-refractivity contribution in [2.45, 2.75) is 31.0 Å². The number of rotatable bonds is 5. The summed E-state index contributed by atoms with van der Waals surface area (Å²) in [7, 11) is 1.49. The highest BCUT2D eigenvalue weighted by Crippen LogP contribution is 2.41. The molecule has 10 heteroatoms. The minimum Gasteiger partial charge on any atom is -0.504 e. The molecule has 3 rings (SSSR count). The number of hydrogen-bond acceptors (Lipinski definition) is 9. The summed E-state index contributed by atoms with van der Waals surface area (Å²) in [4.78, 5) is 8.16. The second-order valence-corrected chi connectivity index (χ2v) is 5.94. The van der Waals surface area contributed by atoms with Gasteiger partial charge in [-0.3, -0.25) is 10.7 Å². The Hall–Kier alpha value is -2.24. The number of nitrogens with zero attached hydrogens (tertiary/aromatic N) is 3. The lowest BCUT2D eigenvalue weighted by Crippen LogP contribution is -2.44. The third-order valence-corrected chi connectivity index (χ3v) is 4.32. The van der Waals surface area contributed by atoms with Crippen LogP contribution in [0, 0.1) is 0 Å². The van der Waals surface area contributed by atoms with Gasteiger partial charge in [0.15, 0.2) is 12.0 Å². The van der Waals surface area contributed by atoms with Gasteiger partial charge < -0.3 is 29.4 Å². The molecule has 10 nitrogen and oxygen atoms in total. The lowest BCUT2D eigenvalue weighted by atomic mass is 9.96. The number of anilines is 1. The summed E-state index contributed by atoms with van der Waals surface area (Å²) in [6, 6.07) is 0. The summed E-state index contributed by atoms with van der Waals surface area (Å²) in [5.41, 5.74) is 1.29. The second-order valence-electron chi connectivity index (χ2n) is 5.94. The molecule has 4 atom stereocenters. The van der Waals surface area contributed by atoms with Gasteiger partial charge in [0.05, 0.1) is 25.4 Å². The molecule has 1 fully saturated rings. The summed E-state index contributed by atoms with van der Waals surface area (Å²) < 4.78 is 12.1. The first-order chi connectivity index (χ1) is 12.0. The van der Waals surface area contributed by atoms with Gasteiger partial charge in [0.25, 0.3) is 0 Å².